The third-order valence-electron chi connectivity index (χ3n) is 3.37. The Labute approximate surface area is 152 Å². The molecule has 3 aromatic rings. The number of benzene rings is 1. The lowest BCUT2D eigenvalue weighted by Gasteiger charge is -2.06. The molecule has 0 spiro atoms. The number of ether oxygens (including phenoxy) is 1. The van der Waals surface area contributed by atoms with Gasteiger partial charge in [0.25, 0.3) is 0 Å². The fourth-order valence-electron chi connectivity index (χ4n) is 2.14. The molecule has 2 heterocycles. The van der Waals surface area contributed by atoms with Crippen molar-refractivity contribution in [3.8, 4) is 0 Å². The topological polar surface area (TPSA) is 103 Å². The number of nitrogens with zero attached hydrogens (tertiary/aromatic N) is 3. The Bertz CT molecular complexity index is 1020. The highest BCUT2D eigenvalue weighted by molar-refractivity contribution is 7.99. The van der Waals surface area contributed by atoms with Gasteiger partial charge >= 0.3 is 11.7 Å². The summed E-state index contributed by atoms with van der Waals surface area (Å²) in [5.41, 5.74) is 0.957. The zero-order valence-corrected chi connectivity index (χ0v) is 14.5. The van der Waals surface area contributed by atoms with Crippen LogP contribution >= 0.6 is 11.8 Å². The Morgan fingerprint density at radius 3 is 2.65 bits per heavy atom. The molecule has 0 aliphatic carbocycles. The Hall–Kier alpha value is -3.20. The molecule has 1 aromatic carbocycles. The summed E-state index contributed by atoms with van der Waals surface area (Å²) in [4.78, 5) is 43.4. The van der Waals surface area contributed by atoms with Crippen molar-refractivity contribution >= 4 is 35.0 Å². The van der Waals surface area contributed by atoms with Crippen molar-refractivity contribution in [1.29, 1.82) is 0 Å². The van der Waals surface area contributed by atoms with Gasteiger partial charge in [0.1, 0.15) is 5.65 Å². The van der Waals surface area contributed by atoms with Crippen LogP contribution in [0.1, 0.15) is 10.4 Å². The highest BCUT2D eigenvalue weighted by Gasteiger charge is 2.09. The third kappa shape index (κ3) is 4.06. The molecule has 0 unspecified atom stereocenters. The van der Waals surface area contributed by atoms with Crippen LogP contribution in [0.2, 0.25) is 0 Å². The second-order valence-electron chi connectivity index (χ2n) is 5.12. The minimum atomic E-state index is -0.447. The van der Waals surface area contributed by atoms with Gasteiger partial charge in [-0.25, -0.2) is 14.6 Å². The van der Waals surface area contributed by atoms with Crippen LogP contribution in [0.4, 0.5) is 5.69 Å². The number of esters is 1. The quantitative estimate of drug-likeness (QED) is 0.537. The van der Waals surface area contributed by atoms with Gasteiger partial charge in [-0.1, -0.05) is 17.8 Å². The molecule has 3 rings (SSSR count). The first-order valence-electron chi connectivity index (χ1n) is 7.53. The molecular weight excluding hydrogens is 356 g/mol. The number of hydrogen-bond acceptors (Lipinski definition) is 7. The van der Waals surface area contributed by atoms with Gasteiger partial charge in [-0.15, -0.1) is 0 Å². The van der Waals surface area contributed by atoms with Crippen LogP contribution in [-0.2, 0) is 9.53 Å². The highest BCUT2D eigenvalue weighted by atomic mass is 32.2. The maximum Gasteiger partial charge on any atom is 0.355 e. The number of nitrogens with one attached hydrogen (secondary N) is 1. The van der Waals surface area contributed by atoms with Gasteiger partial charge in [0.2, 0.25) is 5.91 Å². The molecule has 1 N–H and O–H groups in total. The van der Waals surface area contributed by atoms with Gasteiger partial charge in [0.05, 0.1) is 18.4 Å². The van der Waals surface area contributed by atoms with Crippen molar-refractivity contribution < 1.29 is 14.3 Å². The van der Waals surface area contributed by atoms with E-state index in [2.05, 4.69) is 20.0 Å². The summed E-state index contributed by atoms with van der Waals surface area (Å²) in [5, 5.41) is 2.93. The van der Waals surface area contributed by atoms with Crippen molar-refractivity contribution in [2.75, 3.05) is 18.2 Å². The van der Waals surface area contributed by atoms with Crippen molar-refractivity contribution in [3.63, 3.8) is 0 Å². The zero-order valence-electron chi connectivity index (χ0n) is 13.7. The number of anilines is 1. The number of rotatable bonds is 5. The number of carbonyl (C=O) groups is 2. The second-order valence-corrected chi connectivity index (χ2v) is 6.07. The number of pyridine rings is 1. The largest absolute Gasteiger partial charge is 0.465 e. The molecule has 0 atom stereocenters. The van der Waals surface area contributed by atoms with Gasteiger partial charge < -0.3 is 10.1 Å². The highest BCUT2D eigenvalue weighted by Crippen LogP contribution is 2.14. The van der Waals surface area contributed by atoms with Crippen molar-refractivity contribution in [1.82, 2.24) is 14.4 Å². The van der Waals surface area contributed by atoms with Crippen LogP contribution in [0.15, 0.2) is 58.6 Å². The Kier molecular flexibility index (Phi) is 5.28. The van der Waals surface area contributed by atoms with Crippen LogP contribution in [0.3, 0.4) is 0 Å². The number of hydrogen-bond donors (Lipinski definition) is 1. The molecule has 26 heavy (non-hydrogen) atoms. The summed E-state index contributed by atoms with van der Waals surface area (Å²) in [6.07, 6.45) is 1.58. The van der Waals surface area contributed by atoms with Crippen LogP contribution in [0.5, 0.6) is 0 Å². The van der Waals surface area contributed by atoms with E-state index in [1.807, 2.05) is 0 Å². The molecule has 0 radical (unpaired) electrons. The molecule has 1 amide bonds. The lowest BCUT2D eigenvalue weighted by Crippen LogP contribution is -2.20. The second kappa shape index (κ2) is 7.79. The number of thioether (sulfide) groups is 1. The first-order valence-corrected chi connectivity index (χ1v) is 8.52. The summed E-state index contributed by atoms with van der Waals surface area (Å²) >= 11 is 1.07. The Morgan fingerprint density at radius 1 is 1.15 bits per heavy atom. The normalized spacial score (nSPS) is 10.5. The molecule has 0 bridgehead atoms. The fraction of sp³-hybridized carbons (Fsp3) is 0.118. The van der Waals surface area contributed by atoms with Gasteiger partial charge in [0.15, 0.2) is 5.16 Å². The van der Waals surface area contributed by atoms with Crippen LogP contribution in [0.25, 0.3) is 5.65 Å². The Balaban J connectivity index is 1.62. The number of methoxy groups -OCH3 is 1. The van der Waals surface area contributed by atoms with E-state index in [-0.39, 0.29) is 16.8 Å². The van der Waals surface area contributed by atoms with Crippen LogP contribution in [-0.4, -0.2) is 39.1 Å². The molecule has 2 aromatic heterocycles. The van der Waals surface area contributed by atoms with Crippen molar-refractivity contribution in [3.05, 3.63) is 64.7 Å². The molecular formula is C17H14N4O4S. The number of aromatic nitrogens is 3. The molecule has 0 fully saturated rings. The maximum atomic E-state index is 12.0. The van der Waals surface area contributed by atoms with Gasteiger partial charge in [-0.3, -0.25) is 9.20 Å². The van der Waals surface area contributed by atoms with Crippen molar-refractivity contribution in [2.45, 2.75) is 5.16 Å². The zero-order chi connectivity index (χ0) is 18.5. The minimum absolute atomic E-state index is 0.0429. The predicted octanol–water partition coefficient (Wildman–Crippen LogP) is 1.61. The molecule has 9 heteroatoms. The standard InChI is InChI=1S/C17H14N4O4S/c1-25-15(23)11-5-7-12(8-6-11)18-14(22)10-26-16-19-13-4-2-3-9-21(13)17(24)20-16/h2-9H,10H2,1H3,(H,18,22). The fourth-order valence-corrected chi connectivity index (χ4v) is 2.78. The summed E-state index contributed by atoms with van der Waals surface area (Å²) in [5.74, 6) is -0.683. The molecule has 0 aliphatic heterocycles. The summed E-state index contributed by atoms with van der Waals surface area (Å²) in [6, 6.07) is 11.5. The first kappa shape index (κ1) is 17.6. The smallest absolute Gasteiger partial charge is 0.355 e. The monoisotopic (exact) mass is 370 g/mol. The van der Waals surface area contributed by atoms with Gasteiger partial charge in [0, 0.05) is 11.9 Å². The van der Waals surface area contributed by atoms with E-state index in [0.717, 1.165) is 11.8 Å². The molecule has 132 valence electrons. The third-order valence-corrected chi connectivity index (χ3v) is 4.22. The number of fused-ring (bicyclic) bond motifs is 1. The summed E-state index contributed by atoms with van der Waals surface area (Å²) in [7, 11) is 1.30. The molecule has 0 saturated carbocycles. The van der Waals surface area contributed by atoms with E-state index >= 15 is 0 Å². The maximum absolute atomic E-state index is 12.0. The van der Waals surface area contributed by atoms with E-state index in [4.69, 9.17) is 0 Å². The number of amides is 1. The Morgan fingerprint density at radius 2 is 1.92 bits per heavy atom. The van der Waals surface area contributed by atoms with E-state index < -0.39 is 11.7 Å². The minimum Gasteiger partial charge on any atom is -0.465 e. The molecule has 0 saturated heterocycles. The lowest BCUT2D eigenvalue weighted by atomic mass is 10.2. The van der Waals surface area contributed by atoms with E-state index in [1.54, 1.807) is 48.7 Å². The lowest BCUT2D eigenvalue weighted by molar-refractivity contribution is -0.113. The molecule has 0 aliphatic rings. The average Bonchev–Trinajstić information content (AvgIpc) is 2.66. The predicted molar refractivity (Wildman–Crippen MR) is 96.4 cm³/mol. The summed E-state index contributed by atoms with van der Waals surface area (Å²) in [6.45, 7) is 0. The van der Waals surface area contributed by atoms with Crippen molar-refractivity contribution in [2.24, 2.45) is 0 Å². The van der Waals surface area contributed by atoms with Crippen LogP contribution < -0.4 is 11.0 Å². The van der Waals surface area contributed by atoms with E-state index in [1.165, 1.54) is 11.5 Å². The van der Waals surface area contributed by atoms with E-state index in [0.29, 0.717) is 16.9 Å². The molecule has 8 nitrogen and oxygen atoms in total. The van der Waals surface area contributed by atoms with Gasteiger partial charge in [-0.2, -0.15) is 4.98 Å². The van der Waals surface area contributed by atoms with Crippen LogP contribution in [0, 0.1) is 0 Å². The SMILES string of the molecule is COC(=O)c1ccc(NC(=O)CSc2nc(=O)n3ccccc3n2)cc1. The summed E-state index contributed by atoms with van der Waals surface area (Å²) < 4.78 is 5.94. The first-order chi connectivity index (χ1) is 12.6. The van der Waals surface area contributed by atoms with E-state index in [9.17, 15) is 14.4 Å². The van der Waals surface area contributed by atoms with Gasteiger partial charge in [-0.05, 0) is 36.4 Å². The number of carbonyl (C=O) groups excluding carboxylic acids is 2. The average molecular weight is 370 g/mol.